The number of hydrogen-bond acceptors (Lipinski definition) is 3. The number of benzene rings is 2. The highest BCUT2D eigenvalue weighted by molar-refractivity contribution is 6.42. The smallest absolute Gasteiger partial charge is 0.278 e. The van der Waals surface area contributed by atoms with Gasteiger partial charge in [-0.15, -0.1) is 0 Å². The number of rotatable bonds is 5. The normalized spacial score (nSPS) is 11.0. The Labute approximate surface area is 183 Å². The fraction of sp³-hybridized carbons (Fsp3) is 0.227. The number of aryl methyl sites for hydroxylation is 1. The quantitative estimate of drug-likeness (QED) is 0.550. The molecular weight excluding hydrogens is 428 g/mol. The number of carbonyl (C=O) groups excluding carboxylic acids is 1. The Morgan fingerprint density at radius 1 is 1.13 bits per heavy atom. The second-order valence-electron chi connectivity index (χ2n) is 7.14. The molecule has 0 fully saturated rings. The second-order valence-corrected chi connectivity index (χ2v) is 7.95. The molecule has 0 aliphatic rings. The highest BCUT2D eigenvalue weighted by atomic mass is 35.5. The maximum atomic E-state index is 14.3. The van der Waals surface area contributed by atoms with Gasteiger partial charge in [0, 0.05) is 24.3 Å². The van der Waals surface area contributed by atoms with E-state index >= 15 is 0 Å². The van der Waals surface area contributed by atoms with Crippen LogP contribution >= 0.6 is 23.2 Å². The number of amides is 1. The Morgan fingerprint density at radius 3 is 2.47 bits per heavy atom. The van der Waals surface area contributed by atoms with Crippen LogP contribution in [0.4, 0.5) is 4.39 Å². The van der Waals surface area contributed by atoms with Crippen molar-refractivity contribution in [2.75, 3.05) is 0 Å². The highest BCUT2D eigenvalue weighted by Gasteiger charge is 2.24. The SMILES string of the molecule is Cc1cc(=O)c(C(=O)N(Cc2ccc(Cl)c(Cl)c2)C(C)C)nn1-c1ccccc1F. The summed E-state index contributed by atoms with van der Waals surface area (Å²) < 4.78 is 15.5. The maximum absolute atomic E-state index is 14.3. The van der Waals surface area contributed by atoms with E-state index in [1.165, 1.54) is 27.8 Å². The van der Waals surface area contributed by atoms with Crippen LogP contribution < -0.4 is 5.43 Å². The van der Waals surface area contributed by atoms with Crippen LogP contribution in [0.2, 0.25) is 10.0 Å². The van der Waals surface area contributed by atoms with Gasteiger partial charge in [-0.2, -0.15) is 5.10 Å². The lowest BCUT2D eigenvalue weighted by Crippen LogP contribution is -2.40. The Morgan fingerprint density at radius 2 is 1.83 bits per heavy atom. The molecule has 30 heavy (non-hydrogen) atoms. The molecule has 5 nitrogen and oxygen atoms in total. The first-order chi connectivity index (χ1) is 14.2. The van der Waals surface area contributed by atoms with Crippen LogP contribution in [0.5, 0.6) is 0 Å². The molecule has 0 N–H and O–H groups in total. The predicted octanol–water partition coefficient (Wildman–Crippen LogP) is 5.04. The van der Waals surface area contributed by atoms with Gasteiger partial charge in [-0.25, -0.2) is 9.07 Å². The molecule has 0 unspecified atom stereocenters. The van der Waals surface area contributed by atoms with Gasteiger partial charge in [0.1, 0.15) is 11.5 Å². The maximum Gasteiger partial charge on any atom is 0.278 e. The summed E-state index contributed by atoms with van der Waals surface area (Å²) in [5.41, 5.74) is 0.530. The van der Waals surface area contributed by atoms with Crippen LogP contribution in [0.3, 0.4) is 0 Å². The van der Waals surface area contributed by atoms with Crippen molar-refractivity contribution in [3.63, 3.8) is 0 Å². The van der Waals surface area contributed by atoms with Crippen molar-refractivity contribution in [1.82, 2.24) is 14.7 Å². The fourth-order valence-corrected chi connectivity index (χ4v) is 3.34. The summed E-state index contributed by atoms with van der Waals surface area (Å²) >= 11 is 12.0. The molecule has 1 amide bonds. The number of aromatic nitrogens is 2. The van der Waals surface area contributed by atoms with Crippen LogP contribution in [-0.4, -0.2) is 26.6 Å². The van der Waals surface area contributed by atoms with Crippen molar-refractivity contribution in [2.45, 2.75) is 33.4 Å². The summed E-state index contributed by atoms with van der Waals surface area (Å²) in [6.07, 6.45) is 0. The molecule has 1 aromatic heterocycles. The Kier molecular flexibility index (Phi) is 6.58. The van der Waals surface area contributed by atoms with Crippen molar-refractivity contribution in [1.29, 1.82) is 0 Å². The van der Waals surface area contributed by atoms with Gasteiger partial charge in [0.2, 0.25) is 5.43 Å². The molecule has 0 spiro atoms. The van der Waals surface area contributed by atoms with Gasteiger partial charge in [-0.1, -0.05) is 41.4 Å². The summed E-state index contributed by atoms with van der Waals surface area (Å²) in [6.45, 7) is 5.51. The molecular formula is C22H20Cl2FN3O2. The third-order valence-corrected chi connectivity index (χ3v) is 5.35. The highest BCUT2D eigenvalue weighted by Crippen LogP contribution is 2.24. The van der Waals surface area contributed by atoms with E-state index in [0.29, 0.717) is 15.7 Å². The van der Waals surface area contributed by atoms with Crippen molar-refractivity contribution in [3.8, 4) is 5.69 Å². The van der Waals surface area contributed by atoms with E-state index in [4.69, 9.17) is 23.2 Å². The third kappa shape index (κ3) is 4.55. The van der Waals surface area contributed by atoms with E-state index in [1.54, 1.807) is 37.3 Å². The van der Waals surface area contributed by atoms with E-state index in [0.717, 1.165) is 5.56 Å². The first-order valence-electron chi connectivity index (χ1n) is 9.30. The number of nitrogens with zero attached hydrogens (tertiary/aromatic N) is 3. The largest absolute Gasteiger partial charge is 0.330 e. The Balaban J connectivity index is 2.03. The standard InChI is InChI=1S/C22H20Cl2FN3O2/c1-13(2)27(12-15-8-9-16(23)17(24)11-15)22(30)21-20(29)10-14(3)28(26-21)19-7-5-4-6-18(19)25/h4-11,13H,12H2,1-3H3. The molecule has 1 heterocycles. The minimum atomic E-state index is -0.550. The van der Waals surface area contributed by atoms with Crippen molar-refractivity contribution >= 4 is 29.1 Å². The Bertz CT molecular complexity index is 1160. The lowest BCUT2D eigenvalue weighted by atomic mass is 10.1. The van der Waals surface area contributed by atoms with Gasteiger partial charge >= 0.3 is 0 Å². The van der Waals surface area contributed by atoms with E-state index in [2.05, 4.69) is 5.10 Å². The zero-order valence-corrected chi connectivity index (χ0v) is 18.2. The van der Waals surface area contributed by atoms with Gasteiger partial charge in [-0.3, -0.25) is 9.59 Å². The second kappa shape index (κ2) is 8.98. The third-order valence-electron chi connectivity index (χ3n) is 4.61. The first-order valence-corrected chi connectivity index (χ1v) is 10.1. The molecule has 0 radical (unpaired) electrons. The number of para-hydroxylation sites is 1. The molecule has 0 aliphatic heterocycles. The number of hydrogen-bond donors (Lipinski definition) is 0. The lowest BCUT2D eigenvalue weighted by Gasteiger charge is -2.27. The first kappa shape index (κ1) is 22.0. The van der Waals surface area contributed by atoms with Crippen molar-refractivity contribution in [3.05, 3.63) is 91.6 Å². The summed E-state index contributed by atoms with van der Waals surface area (Å²) in [7, 11) is 0. The lowest BCUT2D eigenvalue weighted by molar-refractivity contribution is 0.0680. The van der Waals surface area contributed by atoms with Gasteiger partial charge < -0.3 is 4.90 Å². The molecule has 8 heteroatoms. The zero-order valence-electron chi connectivity index (χ0n) is 16.7. The summed E-state index contributed by atoms with van der Waals surface area (Å²) in [5.74, 6) is -1.06. The molecule has 0 atom stereocenters. The average molecular weight is 448 g/mol. The minimum absolute atomic E-state index is 0.157. The van der Waals surface area contributed by atoms with Crippen LogP contribution in [0.15, 0.2) is 53.3 Å². The fourth-order valence-electron chi connectivity index (χ4n) is 3.02. The van der Waals surface area contributed by atoms with E-state index < -0.39 is 17.2 Å². The summed E-state index contributed by atoms with van der Waals surface area (Å²) in [4.78, 5) is 27.3. The zero-order chi connectivity index (χ0) is 22.0. The van der Waals surface area contributed by atoms with Crippen LogP contribution in [0.25, 0.3) is 5.69 Å². The molecule has 0 saturated heterocycles. The van der Waals surface area contributed by atoms with Gasteiger partial charge in [0.05, 0.1) is 10.0 Å². The Hall–Kier alpha value is -2.70. The molecule has 0 bridgehead atoms. The predicted molar refractivity (Wildman–Crippen MR) is 116 cm³/mol. The van der Waals surface area contributed by atoms with Crippen molar-refractivity contribution < 1.29 is 9.18 Å². The van der Waals surface area contributed by atoms with E-state index in [9.17, 15) is 14.0 Å². The minimum Gasteiger partial charge on any atom is -0.330 e. The topological polar surface area (TPSA) is 55.2 Å². The van der Waals surface area contributed by atoms with Crippen LogP contribution in [-0.2, 0) is 6.54 Å². The molecule has 0 saturated carbocycles. The molecule has 0 aliphatic carbocycles. The van der Waals surface area contributed by atoms with Gasteiger partial charge in [0.15, 0.2) is 5.69 Å². The summed E-state index contributed by atoms with van der Waals surface area (Å²) in [5, 5.41) is 4.99. The summed E-state index contributed by atoms with van der Waals surface area (Å²) in [6, 6.07) is 12.2. The van der Waals surface area contributed by atoms with E-state index in [1.807, 2.05) is 13.8 Å². The van der Waals surface area contributed by atoms with E-state index in [-0.39, 0.29) is 24.0 Å². The van der Waals surface area contributed by atoms with Crippen LogP contribution in [0, 0.1) is 12.7 Å². The number of carbonyl (C=O) groups is 1. The molecule has 3 rings (SSSR count). The molecule has 2 aromatic carbocycles. The van der Waals surface area contributed by atoms with Gasteiger partial charge in [0.25, 0.3) is 5.91 Å². The molecule has 156 valence electrons. The van der Waals surface area contributed by atoms with Gasteiger partial charge in [-0.05, 0) is 50.6 Å². The molecule has 3 aromatic rings. The average Bonchev–Trinajstić information content (AvgIpc) is 2.69. The van der Waals surface area contributed by atoms with Crippen LogP contribution in [0.1, 0.15) is 35.6 Å². The number of halogens is 3. The monoisotopic (exact) mass is 447 g/mol. The van der Waals surface area contributed by atoms with Crippen molar-refractivity contribution in [2.24, 2.45) is 0 Å².